The molecule has 1 amide bonds. The summed E-state index contributed by atoms with van der Waals surface area (Å²) >= 11 is 0. The molecule has 1 heterocycles. The molecule has 1 rings (SSSR count). The minimum atomic E-state index is -0.987. The van der Waals surface area contributed by atoms with Crippen LogP contribution in [0.2, 0.25) is 0 Å². The van der Waals surface area contributed by atoms with Gasteiger partial charge in [0.25, 0.3) is 0 Å². The van der Waals surface area contributed by atoms with Crippen molar-refractivity contribution in [1.29, 1.82) is 0 Å². The van der Waals surface area contributed by atoms with Crippen LogP contribution in [0.3, 0.4) is 0 Å². The van der Waals surface area contributed by atoms with Crippen LogP contribution in [-0.2, 0) is 9.59 Å². The number of nitrogens with zero attached hydrogens (tertiary/aromatic N) is 1. The first-order valence-corrected chi connectivity index (χ1v) is 6.77. The van der Waals surface area contributed by atoms with Gasteiger partial charge in [-0.2, -0.15) is 0 Å². The molecule has 0 spiro atoms. The number of amides is 1. The smallest absolute Gasteiger partial charge is 0.329 e. The zero-order chi connectivity index (χ0) is 13.8. The molecule has 0 bridgehead atoms. The second kappa shape index (κ2) is 6.18. The molecule has 0 aromatic heterocycles. The monoisotopic (exact) mass is 256 g/mol. The van der Waals surface area contributed by atoms with E-state index in [9.17, 15) is 14.7 Å². The lowest BCUT2D eigenvalue weighted by Gasteiger charge is -2.35. The Kier molecular flexibility index (Phi) is 5.14. The lowest BCUT2D eigenvalue weighted by atomic mass is 9.90. The highest BCUT2D eigenvalue weighted by molar-refractivity contribution is 5.88. The number of carboxylic acid groups (broad SMARTS) is 1. The molecule has 1 fully saturated rings. The normalized spacial score (nSPS) is 25.2. The summed E-state index contributed by atoms with van der Waals surface area (Å²) in [6.45, 7) is 4.42. The van der Waals surface area contributed by atoms with Crippen LogP contribution in [0.1, 0.15) is 52.4 Å². The van der Waals surface area contributed by atoms with Crippen molar-refractivity contribution in [2.75, 3.05) is 6.54 Å². The average molecular weight is 256 g/mol. The van der Waals surface area contributed by atoms with E-state index in [0.717, 1.165) is 19.3 Å². The van der Waals surface area contributed by atoms with Gasteiger partial charge in [0.2, 0.25) is 5.91 Å². The van der Waals surface area contributed by atoms with E-state index in [1.165, 1.54) is 0 Å². The molecule has 5 heteroatoms. The Labute approximate surface area is 108 Å². The van der Waals surface area contributed by atoms with Crippen molar-refractivity contribution in [2.24, 2.45) is 5.73 Å². The summed E-state index contributed by atoms with van der Waals surface area (Å²) in [4.78, 5) is 25.3. The molecule has 1 aliphatic rings. The van der Waals surface area contributed by atoms with Gasteiger partial charge in [0.1, 0.15) is 5.54 Å². The maximum Gasteiger partial charge on any atom is 0.329 e. The third kappa shape index (κ3) is 2.83. The van der Waals surface area contributed by atoms with Crippen molar-refractivity contribution < 1.29 is 14.7 Å². The Morgan fingerprint density at radius 3 is 2.61 bits per heavy atom. The highest BCUT2D eigenvalue weighted by Gasteiger charge is 2.48. The molecule has 0 radical (unpaired) electrons. The number of hydrogen-bond donors (Lipinski definition) is 2. The number of carboxylic acids is 1. The van der Waals surface area contributed by atoms with Gasteiger partial charge in [0, 0.05) is 19.0 Å². The van der Waals surface area contributed by atoms with Crippen LogP contribution in [0, 0.1) is 0 Å². The second-order valence-electron chi connectivity index (χ2n) is 5.11. The van der Waals surface area contributed by atoms with Gasteiger partial charge in [0.05, 0.1) is 0 Å². The van der Waals surface area contributed by atoms with E-state index in [4.69, 9.17) is 5.73 Å². The third-order valence-corrected chi connectivity index (χ3v) is 3.81. The van der Waals surface area contributed by atoms with E-state index < -0.39 is 11.5 Å². The Bertz CT molecular complexity index is 319. The third-order valence-electron chi connectivity index (χ3n) is 3.81. The van der Waals surface area contributed by atoms with Crippen molar-refractivity contribution in [1.82, 2.24) is 4.90 Å². The number of hydrogen-bond acceptors (Lipinski definition) is 3. The van der Waals surface area contributed by atoms with Crippen LogP contribution in [0.4, 0.5) is 0 Å². The Hall–Kier alpha value is -1.10. The maximum atomic E-state index is 12.2. The van der Waals surface area contributed by atoms with Gasteiger partial charge >= 0.3 is 5.97 Å². The number of carbonyl (C=O) groups excluding carboxylic acids is 1. The SMILES string of the molecule is CCCC1(C(=O)O)CCCN1C(=O)CC(N)CC. The molecule has 3 N–H and O–H groups in total. The number of nitrogens with two attached hydrogens (primary N) is 1. The molecule has 1 aliphatic heterocycles. The van der Waals surface area contributed by atoms with Crippen LogP contribution in [0.25, 0.3) is 0 Å². The maximum absolute atomic E-state index is 12.2. The molecule has 0 aliphatic carbocycles. The van der Waals surface area contributed by atoms with Gasteiger partial charge in [-0.1, -0.05) is 20.3 Å². The Morgan fingerprint density at radius 2 is 2.11 bits per heavy atom. The molecular formula is C13H24N2O3. The van der Waals surface area contributed by atoms with E-state index in [1.54, 1.807) is 4.90 Å². The quantitative estimate of drug-likeness (QED) is 0.751. The minimum absolute atomic E-state index is 0.113. The highest BCUT2D eigenvalue weighted by Crippen LogP contribution is 2.34. The Morgan fingerprint density at radius 1 is 1.44 bits per heavy atom. The van der Waals surface area contributed by atoms with E-state index in [1.807, 2.05) is 13.8 Å². The van der Waals surface area contributed by atoms with Gasteiger partial charge in [-0.25, -0.2) is 4.79 Å². The van der Waals surface area contributed by atoms with Crippen molar-refractivity contribution in [3.8, 4) is 0 Å². The fraction of sp³-hybridized carbons (Fsp3) is 0.846. The average Bonchev–Trinajstić information content (AvgIpc) is 2.74. The van der Waals surface area contributed by atoms with Crippen molar-refractivity contribution in [3.63, 3.8) is 0 Å². The molecule has 2 unspecified atom stereocenters. The van der Waals surface area contributed by atoms with Gasteiger partial charge in [-0.3, -0.25) is 4.79 Å². The van der Waals surface area contributed by atoms with Crippen molar-refractivity contribution in [3.05, 3.63) is 0 Å². The number of aliphatic carboxylic acids is 1. The number of likely N-dealkylation sites (tertiary alicyclic amines) is 1. The predicted octanol–water partition coefficient (Wildman–Crippen LogP) is 1.36. The largest absolute Gasteiger partial charge is 0.479 e. The summed E-state index contributed by atoms with van der Waals surface area (Å²) in [7, 11) is 0. The molecule has 0 saturated carbocycles. The summed E-state index contributed by atoms with van der Waals surface area (Å²) in [5.41, 5.74) is 4.80. The van der Waals surface area contributed by atoms with Crippen molar-refractivity contribution >= 4 is 11.9 Å². The van der Waals surface area contributed by atoms with Crippen LogP contribution >= 0.6 is 0 Å². The van der Waals surface area contributed by atoms with Gasteiger partial charge in [-0.15, -0.1) is 0 Å². The lowest BCUT2D eigenvalue weighted by molar-refractivity contribution is -0.157. The summed E-state index contributed by atoms with van der Waals surface area (Å²) in [6.07, 6.45) is 3.58. The fourth-order valence-corrected chi connectivity index (χ4v) is 2.72. The first-order valence-electron chi connectivity index (χ1n) is 6.77. The van der Waals surface area contributed by atoms with Crippen LogP contribution < -0.4 is 5.73 Å². The highest BCUT2D eigenvalue weighted by atomic mass is 16.4. The minimum Gasteiger partial charge on any atom is -0.479 e. The molecule has 104 valence electrons. The van der Waals surface area contributed by atoms with E-state index in [-0.39, 0.29) is 18.4 Å². The van der Waals surface area contributed by atoms with E-state index >= 15 is 0 Å². The van der Waals surface area contributed by atoms with Crippen LogP contribution in [-0.4, -0.2) is 40.0 Å². The predicted molar refractivity (Wildman–Crippen MR) is 69.1 cm³/mol. The molecule has 0 aromatic carbocycles. The lowest BCUT2D eigenvalue weighted by Crippen LogP contribution is -2.53. The molecule has 5 nitrogen and oxygen atoms in total. The first-order chi connectivity index (χ1) is 8.47. The summed E-state index contributed by atoms with van der Waals surface area (Å²) in [5.74, 6) is -0.988. The Balaban J connectivity index is 2.84. The van der Waals surface area contributed by atoms with E-state index in [0.29, 0.717) is 19.4 Å². The molecule has 1 saturated heterocycles. The van der Waals surface area contributed by atoms with Crippen molar-refractivity contribution in [2.45, 2.75) is 64.0 Å². The topological polar surface area (TPSA) is 83.6 Å². The zero-order valence-electron chi connectivity index (χ0n) is 11.3. The first kappa shape index (κ1) is 15.0. The van der Waals surface area contributed by atoms with Gasteiger partial charge < -0.3 is 15.7 Å². The summed E-state index contributed by atoms with van der Waals surface area (Å²) in [5, 5.41) is 9.48. The van der Waals surface area contributed by atoms with Gasteiger partial charge in [0.15, 0.2) is 0 Å². The molecule has 18 heavy (non-hydrogen) atoms. The molecular weight excluding hydrogens is 232 g/mol. The number of rotatable bonds is 6. The summed E-state index contributed by atoms with van der Waals surface area (Å²) in [6, 6.07) is -0.175. The van der Waals surface area contributed by atoms with Crippen LogP contribution in [0.5, 0.6) is 0 Å². The van der Waals surface area contributed by atoms with Gasteiger partial charge in [-0.05, 0) is 25.7 Å². The standard InChI is InChI=1S/C13H24N2O3/c1-3-6-13(12(17)18)7-5-8-15(13)11(16)9-10(14)4-2/h10H,3-9,14H2,1-2H3,(H,17,18). The molecule has 2 atom stereocenters. The summed E-state index contributed by atoms with van der Waals surface area (Å²) < 4.78 is 0. The zero-order valence-corrected chi connectivity index (χ0v) is 11.3. The molecule has 0 aromatic rings. The number of carbonyl (C=O) groups is 2. The van der Waals surface area contributed by atoms with Crippen LogP contribution in [0.15, 0.2) is 0 Å². The fourth-order valence-electron chi connectivity index (χ4n) is 2.72. The second-order valence-corrected chi connectivity index (χ2v) is 5.11. The van der Waals surface area contributed by atoms with E-state index in [2.05, 4.69) is 0 Å².